The number of aliphatic hydroxyl groups excluding tert-OH is 1. The Morgan fingerprint density at radius 2 is 1.58 bits per heavy atom. The van der Waals surface area contributed by atoms with Gasteiger partial charge in [-0.3, -0.25) is 4.90 Å². The van der Waals surface area contributed by atoms with Crippen molar-refractivity contribution in [1.82, 2.24) is 14.4 Å². The van der Waals surface area contributed by atoms with Crippen LogP contribution in [-0.4, -0.2) is 65.3 Å². The third kappa shape index (κ3) is 3.54. The van der Waals surface area contributed by atoms with Crippen LogP contribution in [0, 0.1) is 0 Å². The van der Waals surface area contributed by atoms with Crippen LogP contribution in [0.3, 0.4) is 0 Å². The first-order valence-corrected chi connectivity index (χ1v) is 9.42. The molecule has 1 fully saturated rings. The second-order valence-corrected chi connectivity index (χ2v) is 7.31. The van der Waals surface area contributed by atoms with Crippen molar-refractivity contribution >= 4 is 10.9 Å². The van der Waals surface area contributed by atoms with Gasteiger partial charge in [-0.2, -0.15) is 0 Å². The molecule has 4 nitrogen and oxygen atoms in total. The number of hydrogen-bond donors (Lipinski definition) is 1. The lowest BCUT2D eigenvalue weighted by atomic mass is 10.00. The highest BCUT2D eigenvalue weighted by Gasteiger charge is 2.27. The molecule has 26 heavy (non-hydrogen) atoms. The van der Waals surface area contributed by atoms with Crippen LogP contribution in [0.2, 0.25) is 0 Å². The molecule has 1 N–H and O–H groups in total. The number of likely N-dealkylation sites (N-methyl/N-ethyl adjacent to an activating group) is 1. The van der Waals surface area contributed by atoms with Crippen molar-refractivity contribution in [2.24, 2.45) is 0 Å². The van der Waals surface area contributed by atoms with Gasteiger partial charge in [0, 0.05) is 44.4 Å². The fraction of sp³-hybridized carbons (Fsp3) is 0.364. The van der Waals surface area contributed by atoms with E-state index in [1.54, 1.807) is 0 Å². The Labute approximate surface area is 155 Å². The van der Waals surface area contributed by atoms with Crippen LogP contribution in [0.15, 0.2) is 66.9 Å². The van der Waals surface area contributed by atoms with Crippen LogP contribution in [0.25, 0.3) is 10.9 Å². The van der Waals surface area contributed by atoms with Crippen LogP contribution >= 0.6 is 0 Å². The zero-order chi connectivity index (χ0) is 17.9. The molecule has 3 aromatic rings. The standard InChI is InChI=1S/C22H27N3O/c1-23-13-15-24(16-14-23)17-21(26)22(19-8-3-2-4-9-19)25-12-11-18-7-5-6-10-20(18)25/h2-12,21-22,26H,13-17H2,1H3/t21-,22+/m0/s1. The van der Waals surface area contributed by atoms with Gasteiger partial charge in [0.25, 0.3) is 0 Å². The molecule has 2 atom stereocenters. The Morgan fingerprint density at radius 3 is 2.35 bits per heavy atom. The molecule has 2 heterocycles. The summed E-state index contributed by atoms with van der Waals surface area (Å²) in [5.74, 6) is 0. The van der Waals surface area contributed by atoms with E-state index < -0.39 is 6.10 Å². The van der Waals surface area contributed by atoms with Crippen molar-refractivity contribution in [3.05, 3.63) is 72.4 Å². The number of fused-ring (bicyclic) bond motifs is 1. The minimum absolute atomic E-state index is 0.0873. The average Bonchev–Trinajstić information content (AvgIpc) is 3.09. The van der Waals surface area contributed by atoms with Crippen LogP contribution in [-0.2, 0) is 0 Å². The number of piperazine rings is 1. The SMILES string of the molecule is CN1CCN(C[C@H](O)[C@@H](c2ccccc2)n2ccc3ccccc32)CC1. The van der Waals surface area contributed by atoms with Crippen molar-refractivity contribution < 1.29 is 5.11 Å². The summed E-state index contributed by atoms with van der Waals surface area (Å²) in [4.78, 5) is 4.73. The lowest BCUT2D eigenvalue weighted by Gasteiger charge is -2.36. The summed E-state index contributed by atoms with van der Waals surface area (Å²) in [6.07, 6.45) is 1.65. The lowest BCUT2D eigenvalue weighted by Crippen LogP contribution is -2.48. The maximum absolute atomic E-state index is 11.2. The predicted octanol–water partition coefficient (Wildman–Crippen LogP) is 2.84. The summed E-state index contributed by atoms with van der Waals surface area (Å²) >= 11 is 0. The lowest BCUT2D eigenvalue weighted by molar-refractivity contribution is 0.0594. The van der Waals surface area contributed by atoms with E-state index in [0.29, 0.717) is 6.54 Å². The highest BCUT2D eigenvalue weighted by molar-refractivity contribution is 5.80. The van der Waals surface area contributed by atoms with Crippen LogP contribution in [0.1, 0.15) is 11.6 Å². The van der Waals surface area contributed by atoms with Crippen molar-refractivity contribution in [2.45, 2.75) is 12.1 Å². The molecule has 0 unspecified atom stereocenters. The van der Waals surface area contributed by atoms with Gasteiger partial charge < -0.3 is 14.6 Å². The zero-order valence-corrected chi connectivity index (χ0v) is 15.3. The summed E-state index contributed by atoms with van der Waals surface area (Å²) in [6, 6.07) is 20.8. The van der Waals surface area contributed by atoms with Crippen LogP contribution < -0.4 is 0 Å². The van der Waals surface area contributed by atoms with E-state index in [1.807, 2.05) is 6.07 Å². The maximum Gasteiger partial charge on any atom is 0.0915 e. The normalized spacial score (nSPS) is 18.8. The van der Waals surface area contributed by atoms with E-state index in [0.717, 1.165) is 31.7 Å². The number of hydrogen-bond acceptors (Lipinski definition) is 3. The maximum atomic E-state index is 11.2. The molecule has 136 valence electrons. The highest BCUT2D eigenvalue weighted by Crippen LogP contribution is 2.28. The molecular formula is C22H27N3O. The van der Waals surface area contributed by atoms with E-state index in [9.17, 15) is 5.11 Å². The van der Waals surface area contributed by atoms with Crippen molar-refractivity contribution in [2.75, 3.05) is 39.8 Å². The molecule has 1 aromatic heterocycles. The second kappa shape index (κ2) is 7.62. The number of aromatic nitrogens is 1. The molecule has 1 saturated heterocycles. The largest absolute Gasteiger partial charge is 0.389 e. The predicted molar refractivity (Wildman–Crippen MR) is 106 cm³/mol. The minimum Gasteiger partial charge on any atom is -0.389 e. The molecule has 0 radical (unpaired) electrons. The smallest absolute Gasteiger partial charge is 0.0915 e. The number of benzene rings is 2. The van der Waals surface area contributed by atoms with Crippen LogP contribution in [0.5, 0.6) is 0 Å². The first-order valence-electron chi connectivity index (χ1n) is 9.42. The van der Waals surface area contributed by atoms with Gasteiger partial charge in [0.2, 0.25) is 0 Å². The van der Waals surface area contributed by atoms with Crippen molar-refractivity contribution in [3.63, 3.8) is 0 Å². The molecule has 1 aliphatic rings. The Hall–Kier alpha value is -2.14. The molecule has 0 bridgehead atoms. The quantitative estimate of drug-likeness (QED) is 0.769. The van der Waals surface area contributed by atoms with E-state index in [4.69, 9.17) is 0 Å². The molecule has 0 amide bonds. The van der Waals surface area contributed by atoms with Gasteiger partial charge in [-0.05, 0) is 30.1 Å². The molecule has 0 spiro atoms. The Kier molecular flexibility index (Phi) is 5.07. The third-order valence-electron chi connectivity index (χ3n) is 5.48. The highest BCUT2D eigenvalue weighted by atomic mass is 16.3. The van der Waals surface area contributed by atoms with Gasteiger partial charge in [-0.25, -0.2) is 0 Å². The second-order valence-electron chi connectivity index (χ2n) is 7.31. The number of nitrogens with zero attached hydrogens (tertiary/aromatic N) is 3. The van der Waals surface area contributed by atoms with E-state index in [1.165, 1.54) is 10.9 Å². The van der Waals surface area contributed by atoms with E-state index in [2.05, 4.69) is 82.2 Å². The molecule has 4 rings (SSSR count). The molecule has 1 aliphatic heterocycles. The van der Waals surface area contributed by atoms with Gasteiger partial charge in [-0.15, -0.1) is 0 Å². The van der Waals surface area contributed by atoms with E-state index >= 15 is 0 Å². The first kappa shape index (κ1) is 17.3. The molecular weight excluding hydrogens is 322 g/mol. The number of rotatable bonds is 5. The fourth-order valence-corrected chi connectivity index (χ4v) is 3.96. The Morgan fingerprint density at radius 1 is 0.885 bits per heavy atom. The van der Waals surface area contributed by atoms with Gasteiger partial charge in [0.05, 0.1) is 12.1 Å². The number of aliphatic hydroxyl groups is 1. The third-order valence-corrected chi connectivity index (χ3v) is 5.48. The summed E-state index contributed by atoms with van der Waals surface area (Å²) in [7, 11) is 2.16. The summed E-state index contributed by atoms with van der Waals surface area (Å²) in [5, 5.41) is 12.4. The minimum atomic E-state index is -0.461. The summed E-state index contributed by atoms with van der Waals surface area (Å²) < 4.78 is 2.23. The van der Waals surface area contributed by atoms with E-state index in [-0.39, 0.29) is 6.04 Å². The molecule has 0 aliphatic carbocycles. The summed E-state index contributed by atoms with van der Waals surface area (Å²) in [6.45, 7) is 4.85. The number of para-hydroxylation sites is 1. The average molecular weight is 349 g/mol. The topological polar surface area (TPSA) is 31.6 Å². The summed E-state index contributed by atoms with van der Waals surface area (Å²) in [5.41, 5.74) is 2.31. The van der Waals surface area contributed by atoms with Gasteiger partial charge in [0.15, 0.2) is 0 Å². The van der Waals surface area contributed by atoms with Crippen molar-refractivity contribution in [1.29, 1.82) is 0 Å². The monoisotopic (exact) mass is 349 g/mol. The fourth-order valence-electron chi connectivity index (χ4n) is 3.96. The number of β-amino-alcohol motifs (C(OH)–C–C–N with tert-alkyl or cyclic N) is 1. The molecule has 4 heteroatoms. The zero-order valence-electron chi connectivity index (χ0n) is 15.3. The molecule has 2 aromatic carbocycles. The Balaban J connectivity index is 1.65. The van der Waals surface area contributed by atoms with Gasteiger partial charge in [-0.1, -0.05) is 48.5 Å². The van der Waals surface area contributed by atoms with Crippen molar-refractivity contribution in [3.8, 4) is 0 Å². The van der Waals surface area contributed by atoms with Gasteiger partial charge >= 0.3 is 0 Å². The Bertz CT molecular complexity index is 837. The van der Waals surface area contributed by atoms with Gasteiger partial charge in [0.1, 0.15) is 0 Å². The van der Waals surface area contributed by atoms with Crippen LogP contribution in [0.4, 0.5) is 0 Å². The first-order chi connectivity index (χ1) is 12.7. The molecule has 0 saturated carbocycles.